The van der Waals surface area contributed by atoms with E-state index in [1.165, 1.54) is 29.3 Å². The Bertz CT molecular complexity index is 1630. The van der Waals surface area contributed by atoms with Gasteiger partial charge in [0, 0.05) is 28.8 Å². The van der Waals surface area contributed by atoms with Crippen LogP contribution in [0, 0.1) is 0 Å². The molecule has 0 bridgehead atoms. The van der Waals surface area contributed by atoms with Crippen LogP contribution in [0.3, 0.4) is 0 Å². The summed E-state index contributed by atoms with van der Waals surface area (Å²) in [5.41, 5.74) is 6.59. The number of hydrogen-bond donors (Lipinski definition) is 2. The van der Waals surface area contributed by atoms with Gasteiger partial charge in [0.1, 0.15) is 0 Å². The number of aliphatic carboxylic acids is 1. The van der Waals surface area contributed by atoms with E-state index in [1.807, 2.05) is 60.7 Å². The molecule has 1 aliphatic rings. The van der Waals surface area contributed by atoms with E-state index in [-0.39, 0.29) is 30.1 Å². The number of Topliss-reactive ketones (excluding diaryl/α,β-unsaturated/α-hetero) is 1. The minimum absolute atomic E-state index is 0.00844. The van der Waals surface area contributed by atoms with E-state index in [0.717, 1.165) is 30.4 Å². The Kier molecular flexibility index (Phi) is 8.30. The lowest BCUT2D eigenvalue weighted by atomic mass is 9.92. The van der Waals surface area contributed by atoms with Gasteiger partial charge in [0.15, 0.2) is 11.6 Å². The topological polar surface area (TPSA) is 101 Å². The summed E-state index contributed by atoms with van der Waals surface area (Å²) in [5, 5.41) is 11.3. The van der Waals surface area contributed by atoms with Crippen molar-refractivity contribution in [1.82, 2.24) is 5.32 Å². The van der Waals surface area contributed by atoms with E-state index >= 15 is 0 Å². The van der Waals surface area contributed by atoms with Gasteiger partial charge in [0.2, 0.25) is 0 Å². The Balaban J connectivity index is 1.43. The van der Waals surface area contributed by atoms with Crippen molar-refractivity contribution in [3.8, 4) is 11.1 Å². The van der Waals surface area contributed by atoms with Crippen molar-refractivity contribution in [3.63, 3.8) is 0 Å². The average molecular weight is 544 g/mol. The second kappa shape index (κ2) is 12.4. The fourth-order valence-electron chi connectivity index (χ4n) is 5.00. The van der Waals surface area contributed by atoms with Crippen LogP contribution in [0.2, 0.25) is 0 Å². The molecule has 0 spiro atoms. The van der Waals surface area contributed by atoms with Crippen LogP contribution in [0.1, 0.15) is 60.6 Å². The molecular weight excluding hydrogens is 514 g/mol. The number of hydrogen-bond acceptors (Lipinski definition) is 4. The second-order valence-corrected chi connectivity index (χ2v) is 10.0. The first-order valence-corrected chi connectivity index (χ1v) is 13.6. The molecule has 2 N–H and O–H groups in total. The first-order valence-electron chi connectivity index (χ1n) is 13.6. The van der Waals surface area contributed by atoms with E-state index in [1.54, 1.807) is 24.3 Å². The number of aryl methyl sites for hydroxylation is 2. The van der Waals surface area contributed by atoms with Gasteiger partial charge in [0.05, 0.1) is 6.42 Å². The predicted octanol–water partition coefficient (Wildman–Crippen LogP) is 6.20. The molecule has 5 rings (SSSR count). The maximum atomic E-state index is 13.8. The molecule has 0 saturated carbocycles. The number of rotatable bonds is 10. The Morgan fingerprint density at radius 2 is 1.29 bits per heavy atom. The van der Waals surface area contributed by atoms with Crippen molar-refractivity contribution in [2.24, 2.45) is 0 Å². The van der Waals surface area contributed by atoms with Crippen LogP contribution in [0.15, 0.2) is 103 Å². The molecule has 0 heterocycles. The van der Waals surface area contributed by atoms with Gasteiger partial charge in [-0.1, -0.05) is 84.9 Å². The van der Waals surface area contributed by atoms with Gasteiger partial charge in [-0.3, -0.25) is 19.2 Å². The Morgan fingerprint density at radius 1 is 0.683 bits per heavy atom. The quantitative estimate of drug-likeness (QED) is 0.183. The number of carboxylic acids is 1. The second-order valence-electron chi connectivity index (χ2n) is 10.0. The summed E-state index contributed by atoms with van der Waals surface area (Å²) in [7, 11) is 0. The normalized spacial score (nSPS) is 12.4. The number of allylic oxidation sites excluding steroid dienone is 2. The predicted molar refractivity (Wildman–Crippen MR) is 158 cm³/mol. The van der Waals surface area contributed by atoms with E-state index in [2.05, 4.69) is 5.32 Å². The summed E-state index contributed by atoms with van der Waals surface area (Å²) < 4.78 is 0. The standard InChI is InChI=1S/C35H29NO5/c37-32(26-12-9-25(10-13-26)23-5-2-1-3-6-23)22-31(30-18-11-24-7-4-8-29(24)21-30)34(40)27-14-16-28(17-15-27)35(41)36-20-19-33(38)39/h1-3,5-6,9-18,21-22H,4,7-8,19-20H2,(H,36,41)(H,38,39). The summed E-state index contributed by atoms with van der Waals surface area (Å²) in [6.45, 7) is 0.00844. The van der Waals surface area contributed by atoms with Crippen LogP contribution < -0.4 is 5.32 Å². The highest BCUT2D eigenvalue weighted by molar-refractivity contribution is 6.32. The summed E-state index contributed by atoms with van der Waals surface area (Å²) >= 11 is 0. The third kappa shape index (κ3) is 6.56. The molecule has 4 aromatic carbocycles. The summed E-state index contributed by atoms with van der Waals surface area (Å²) in [5.74, 6) is -2.02. The number of benzene rings is 4. The van der Waals surface area contributed by atoms with Gasteiger partial charge in [-0.25, -0.2) is 0 Å². The zero-order valence-electron chi connectivity index (χ0n) is 22.4. The molecule has 6 heteroatoms. The minimum atomic E-state index is -1.00. The van der Waals surface area contributed by atoms with Crippen molar-refractivity contribution in [1.29, 1.82) is 0 Å². The van der Waals surface area contributed by atoms with Crippen molar-refractivity contribution in [3.05, 3.63) is 137 Å². The zero-order valence-corrected chi connectivity index (χ0v) is 22.4. The van der Waals surface area contributed by atoms with Gasteiger partial charge < -0.3 is 10.4 Å². The van der Waals surface area contributed by atoms with Crippen LogP contribution in [-0.2, 0) is 17.6 Å². The molecule has 4 aromatic rings. The van der Waals surface area contributed by atoms with E-state index in [9.17, 15) is 19.2 Å². The molecule has 0 aliphatic heterocycles. The molecule has 204 valence electrons. The molecule has 0 radical (unpaired) electrons. The van der Waals surface area contributed by atoms with Crippen molar-refractivity contribution < 1.29 is 24.3 Å². The van der Waals surface area contributed by atoms with Crippen LogP contribution >= 0.6 is 0 Å². The van der Waals surface area contributed by atoms with Gasteiger partial charge in [-0.15, -0.1) is 0 Å². The maximum absolute atomic E-state index is 13.8. The maximum Gasteiger partial charge on any atom is 0.305 e. The first-order chi connectivity index (χ1) is 19.9. The molecule has 1 aliphatic carbocycles. The van der Waals surface area contributed by atoms with Crippen LogP contribution in [-0.4, -0.2) is 35.1 Å². The summed E-state index contributed by atoms with van der Waals surface area (Å²) in [6, 6.07) is 29.3. The number of ketones is 2. The third-order valence-corrected chi connectivity index (χ3v) is 7.24. The van der Waals surface area contributed by atoms with Crippen LogP contribution in [0.25, 0.3) is 16.7 Å². The SMILES string of the molecule is O=C(O)CCNC(=O)c1ccc(C(=O)C(=CC(=O)c2ccc(-c3ccccc3)cc2)c2ccc3c(c2)CCC3)cc1. The van der Waals surface area contributed by atoms with Gasteiger partial charge >= 0.3 is 5.97 Å². The monoisotopic (exact) mass is 543 g/mol. The highest BCUT2D eigenvalue weighted by Crippen LogP contribution is 2.29. The lowest BCUT2D eigenvalue weighted by Crippen LogP contribution is -2.26. The lowest BCUT2D eigenvalue weighted by Gasteiger charge is -2.11. The molecule has 0 fully saturated rings. The zero-order chi connectivity index (χ0) is 28.8. The Hall–Kier alpha value is -5.10. The molecule has 0 aromatic heterocycles. The van der Waals surface area contributed by atoms with E-state index in [4.69, 9.17) is 5.11 Å². The average Bonchev–Trinajstić information content (AvgIpc) is 3.48. The smallest absolute Gasteiger partial charge is 0.305 e. The van der Waals surface area contributed by atoms with Gasteiger partial charge in [0.25, 0.3) is 5.91 Å². The molecular formula is C35H29NO5. The minimum Gasteiger partial charge on any atom is -0.481 e. The number of carbonyl (C=O) groups is 4. The van der Waals surface area contributed by atoms with Crippen molar-refractivity contribution >= 4 is 29.0 Å². The van der Waals surface area contributed by atoms with Crippen molar-refractivity contribution in [2.45, 2.75) is 25.7 Å². The molecule has 0 unspecified atom stereocenters. The number of nitrogens with one attached hydrogen (secondary N) is 1. The largest absolute Gasteiger partial charge is 0.481 e. The molecule has 1 amide bonds. The van der Waals surface area contributed by atoms with Crippen LogP contribution in [0.4, 0.5) is 0 Å². The molecule has 0 saturated heterocycles. The molecule has 6 nitrogen and oxygen atoms in total. The van der Waals surface area contributed by atoms with Gasteiger partial charge in [-0.05, 0) is 65.3 Å². The highest BCUT2D eigenvalue weighted by atomic mass is 16.4. The fraction of sp³-hybridized carbons (Fsp3) is 0.143. The highest BCUT2D eigenvalue weighted by Gasteiger charge is 2.20. The van der Waals surface area contributed by atoms with E-state index in [0.29, 0.717) is 22.3 Å². The first kappa shape index (κ1) is 27.5. The van der Waals surface area contributed by atoms with Gasteiger partial charge in [-0.2, -0.15) is 0 Å². The summed E-state index contributed by atoms with van der Waals surface area (Å²) in [4.78, 5) is 50.3. The lowest BCUT2D eigenvalue weighted by molar-refractivity contribution is -0.136. The number of carboxylic acid groups (broad SMARTS) is 1. The Labute approximate surface area is 238 Å². The van der Waals surface area contributed by atoms with E-state index < -0.39 is 11.9 Å². The fourth-order valence-corrected chi connectivity index (χ4v) is 5.00. The third-order valence-electron chi connectivity index (χ3n) is 7.24. The van der Waals surface area contributed by atoms with Crippen LogP contribution in [0.5, 0.6) is 0 Å². The number of carbonyl (C=O) groups excluding carboxylic acids is 3. The Morgan fingerprint density at radius 3 is 2.00 bits per heavy atom. The molecule has 41 heavy (non-hydrogen) atoms. The summed E-state index contributed by atoms with van der Waals surface area (Å²) in [6.07, 6.45) is 4.23. The van der Waals surface area contributed by atoms with Crippen molar-refractivity contribution in [2.75, 3.05) is 6.54 Å². The number of amides is 1. The number of fused-ring (bicyclic) bond motifs is 1. The molecule has 0 atom stereocenters.